The van der Waals surface area contributed by atoms with Crippen molar-refractivity contribution in [1.29, 1.82) is 0 Å². The van der Waals surface area contributed by atoms with Crippen molar-refractivity contribution in [3.8, 4) is 11.5 Å². The van der Waals surface area contributed by atoms with Crippen LogP contribution in [0.25, 0.3) is 0 Å². The second-order valence-corrected chi connectivity index (χ2v) is 6.71. The lowest BCUT2D eigenvalue weighted by molar-refractivity contribution is -0.124. The molecule has 0 aliphatic heterocycles. The maximum atomic E-state index is 12.5. The van der Waals surface area contributed by atoms with Crippen molar-refractivity contribution in [1.82, 2.24) is 5.48 Å². The van der Waals surface area contributed by atoms with Crippen LogP contribution in [0.2, 0.25) is 0 Å². The van der Waals surface area contributed by atoms with Crippen LogP contribution in [-0.4, -0.2) is 35.2 Å². The SMILES string of the molecule is COc1ccc([C@H](OC(=O)Nc2ccc(C(C)=O)cc2)[C@@H](C)/C=C/C(=O)NO)cc1O. The van der Waals surface area contributed by atoms with Gasteiger partial charge in [0, 0.05) is 23.2 Å². The summed E-state index contributed by atoms with van der Waals surface area (Å²) < 4.78 is 10.6. The van der Waals surface area contributed by atoms with Crippen molar-refractivity contribution >= 4 is 23.5 Å². The first-order valence-electron chi connectivity index (χ1n) is 9.33. The number of amides is 2. The zero-order valence-electron chi connectivity index (χ0n) is 17.3. The summed E-state index contributed by atoms with van der Waals surface area (Å²) in [6.07, 6.45) is 0.897. The highest BCUT2D eigenvalue weighted by Gasteiger charge is 2.24. The zero-order valence-corrected chi connectivity index (χ0v) is 17.3. The van der Waals surface area contributed by atoms with Crippen molar-refractivity contribution in [3.05, 3.63) is 65.7 Å². The van der Waals surface area contributed by atoms with Crippen LogP contribution in [0, 0.1) is 5.92 Å². The van der Waals surface area contributed by atoms with Gasteiger partial charge in [-0.15, -0.1) is 0 Å². The molecule has 0 radical (unpaired) electrons. The minimum atomic E-state index is -0.879. The molecule has 9 nitrogen and oxygen atoms in total. The molecule has 0 aliphatic carbocycles. The Hall–Kier alpha value is -3.85. The molecule has 2 rings (SSSR count). The van der Waals surface area contributed by atoms with Gasteiger partial charge in [-0.05, 0) is 48.9 Å². The van der Waals surface area contributed by atoms with Crippen molar-refractivity contribution in [3.63, 3.8) is 0 Å². The smallest absolute Gasteiger partial charge is 0.412 e. The minimum Gasteiger partial charge on any atom is -0.504 e. The molecule has 0 unspecified atom stereocenters. The van der Waals surface area contributed by atoms with E-state index in [-0.39, 0.29) is 17.3 Å². The number of rotatable bonds is 8. The summed E-state index contributed by atoms with van der Waals surface area (Å²) in [6.45, 7) is 3.14. The quantitative estimate of drug-likeness (QED) is 0.218. The van der Waals surface area contributed by atoms with E-state index in [1.807, 2.05) is 0 Å². The largest absolute Gasteiger partial charge is 0.504 e. The number of phenols is 1. The van der Waals surface area contributed by atoms with Gasteiger partial charge in [-0.2, -0.15) is 0 Å². The Morgan fingerprint density at radius 2 is 1.77 bits per heavy atom. The Balaban J connectivity index is 2.23. The van der Waals surface area contributed by atoms with Gasteiger partial charge in [0.2, 0.25) is 0 Å². The molecule has 2 aromatic carbocycles. The second-order valence-electron chi connectivity index (χ2n) is 6.71. The van der Waals surface area contributed by atoms with Gasteiger partial charge in [-0.3, -0.25) is 20.1 Å². The van der Waals surface area contributed by atoms with Crippen molar-refractivity contribution in [2.24, 2.45) is 5.92 Å². The molecule has 0 bridgehead atoms. The van der Waals surface area contributed by atoms with Gasteiger partial charge < -0.3 is 14.6 Å². The Labute approximate surface area is 179 Å². The first-order valence-corrected chi connectivity index (χ1v) is 9.33. The number of hydroxylamine groups is 1. The summed E-state index contributed by atoms with van der Waals surface area (Å²) in [6, 6.07) is 10.8. The van der Waals surface area contributed by atoms with Gasteiger partial charge in [-0.25, -0.2) is 10.3 Å². The number of nitrogens with one attached hydrogen (secondary N) is 2. The molecular weight excluding hydrogens is 404 g/mol. The number of ketones is 1. The molecule has 0 aliphatic rings. The summed E-state index contributed by atoms with van der Waals surface area (Å²) >= 11 is 0. The van der Waals surface area contributed by atoms with Gasteiger partial charge in [-0.1, -0.05) is 19.1 Å². The van der Waals surface area contributed by atoms with Gasteiger partial charge in [0.15, 0.2) is 17.3 Å². The number of methoxy groups -OCH3 is 1. The molecule has 0 aromatic heterocycles. The molecule has 0 heterocycles. The van der Waals surface area contributed by atoms with E-state index in [2.05, 4.69) is 5.32 Å². The summed E-state index contributed by atoms with van der Waals surface area (Å²) in [5.74, 6) is -1.23. The minimum absolute atomic E-state index is 0.0963. The predicted molar refractivity (Wildman–Crippen MR) is 112 cm³/mol. The Kier molecular flexibility index (Phi) is 8.16. The molecule has 4 N–H and O–H groups in total. The first-order chi connectivity index (χ1) is 14.7. The fourth-order valence-electron chi connectivity index (χ4n) is 2.79. The van der Waals surface area contributed by atoms with Crippen LogP contribution in [0.4, 0.5) is 10.5 Å². The molecule has 9 heteroatoms. The van der Waals surface area contributed by atoms with E-state index in [0.29, 0.717) is 16.8 Å². The third kappa shape index (κ3) is 6.58. The number of ether oxygens (including phenoxy) is 2. The van der Waals surface area contributed by atoms with Gasteiger partial charge >= 0.3 is 6.09 Å². The molecule has 2 atom stereocenters. The van der Waals surface area contributed by atoms with E-state index >= 15 is 0 Å². The maximum Gasteiger partial charge on any atom is 0.412 e. The molecule has 2 aromatic rings. The van der Waals surface area contributed by atoms with Gasteiger partial charge in [0.05, 0.1) is 7.11 Å². The number of carbonyl (C=O) groups excluding carboxylic acids is 3. The van der Waals surface area contributed by atoms with Crippen LogP contribution in [0.5, 0.6) is 11.5 Å². The van der Waals surface area contributed by atoms with E-state index < -0.39 is 24.0 Å². The summed E-state index contributed by atoms with van der Waals surface area (Å²) in [7, 11) is 1.41. The summed E-state index contributed by atoms with van der Waals surface area (Å²) in [5.41, 5.74) is 2.87. The second kappa shape index (κ2) is 10.8. The lowest BCUT2D eigenvalue weighted by Gasteiger charge is -2.23. The molecule has 0 spiro atoms. The number of carbonyl (C=O) groups is 3. The number of hydrogen-bond acceptors (Lipinski definition) is 7. The average Bonchev–Trinajstić information content (AvgIpc) is 2.75. The molecule has 2 amide bonds. The predicted octanol–water partition coefficient (Wildman–Crippen LogP) is 3.59. The highest BCUT2D eigenvalue weighted by atomic mass is 16.6. The van der Waals surface area contributed by atoms with E-state index in [9.17, 15) is 19.5 Å². The van der Waals surface area contributed by atoms with E-state index in [0.717, 1.165) is 6.08 Å². The molecule has 0 fully saturated rings. The van der Waals surface area contributed by atoms with Crippen LogP contribution in [0.15, 0.2) is 54.6 Å². The van der Waals surface area contributed by atoms with Crippen LogP contribution in [0.1, 0.15) is 35.9 Å². The number of benzene rings is 2. The number of hydrogen-bond donors (Lipinski definition) is 4. The Morgan fingerprint density at radius 3 is 2.32 bits per heavy atom. The summed E-state index contributed by atoms with van der Waals surface area (Å²) in [4.78, 5) is 35.2. The lowest BCUT2D eigenvalue weighted by Crippen LogP contribution is -2.22. The normalized spacial score (nSPS) is 12.6. The van der Waals surface area contributed by atoms with E-state index in [4.69, 9.17) is 14.7 Å². The number of aromatic hydroxyl groups is 1. The highest BCUT2D eigenvalue weighted by molar-refractivity contribution is 5.95. The Bertz CT molecular complexity index is 970. The molecular formula is C22H24N2O7. The highest BCUT2D eigenvalue weighted by Crippen LogP contribution is 2.34. The zero-order chi connectivity index (χ0) is 23.0. The van der Waals surface area contributed by atoms with Gasteiger partial charge in [0.25, 0.3) is 5.91 Å². The molecule has 31 heavy (non-hydrogen) atoms. The monoisotopic (exact) mass is 428 g/mol. The standard InChI is InChI=1S/C22H24N2O7/c1-13(4-11-20(27)24-29)21(16-7-10-19(30-3)18(26)12-16)31-22(28)23-17-8-5-15(6-9-17)14(2)25/h4-13,21,26,29H,1-3H3,(H,23,28)(H,24,27)/b11-4+/t13-,21+/m0/s1. The van der Waals surface area contributed by atoms with Crippen LogP contribution >= 0.6 is 0 Å². The van der Waals surface area contributed by atoms with Crippen LogP contribution in [-0.2, 0) is 9.53 Å². The summed E-state index contributed by atoms with van der Waals surface area (Å²) in [5, 5.41) is 21.3. The third-order valence-electron chi connectivity index (χ3n) is 4.44. The average molecular weight is 428 g/mol. The first kappa shape index (κ1) is 23.4. The number of phenolic OH excluding ortho intramolecular Hbond substituents is 1. The van der Waals surface area contributed by atoms with Crippen LogP contribution < -0.4 is 15.5 Å². The van der Waals surface area contributed by atoms with E-state index in [1.165, 1.54) is 37.7 Å². The van der Waals surface area contributed by atoms with Crippen molar-refractivity contribution < 1.29 is 34.2 Å². The van der Waals surface area contributed by atoms with E-state index in [1.54, 1.807) is 37.3 Å². The van der Waals surface area contributed by atoms with Crippen molar-refractivity contribution in [2.45, 2.75) is 20.0 Å². The number of Topliss-reactive ketones (excluding diaryl/α,β-unsaturated/α-hetero) is 1. The fraction of sp³-hybridized carbons (Fsp3) is 0.227. The number of anilines is 1. The third-order valence-corrected chi connectivity index (χ3v) is 4.44. The Morgan fingerprint density at radius 1 is 1.10 bits per heavy atom. The van der Waals surface area contributed by atoms with Crippen molar-refractivity contribution in [2.75, 3.05) is 12.4 Å². The molecule has 164 valence electrons. The van der Waals surface area contributed by atoms with Gasteiger partial charge in [0.1, 0.15) is 6.10 Å². The topological polar surface area (TPSA) is 134 Å². The lowest BCUT2D eigenvalue weighted by atomic mass is 9.96. The molecule has 0 saturated carbocycles. The maximum absolute atomic E-state index is 12.5. The van der Waals surface area contributed by atoms with Crippen LogP contribution in [0.3, 0.4) is 0 Å². The fourth-order valence-corrected chi connectivity index (χ4v) is 2.79. The molecule has 0 saturated heterocycles.